The zero-order valence-electron chi connectivity index (χ0n) is 13.2. The summed E-state index contributed by atoms with van der Waals surface area (Å²) in [6.07, 6.45) is 0. The number of rotatable bonds is 3. The van der Waals surface area contributed by atoms with Crippen LogP contribution in [-0.4, -0.2) is 32.8 Å². The number of hydrogen-bond donors (Lipinski definition) is 0. The van der Waals surface area contributed by atoms with E-state index in [0.29, 0.717) is 22.9 Å². The topological polar surface area (TPSA) is 89.5 Å². The summed E-state index contributed by atoms with van der Waals surface area (Å²) < 4.78 is 6.63. The summed E-state index contributed by atoms with van der Waals surface area (Å²) in [7, 11) is 7.20. The van der Waals surface area contributed by atoms with Crippen LogP contribution in [0.1, 0.15) is 34.4 Å². The highest BCUT2D eigenvalue weighted by Crippen LogP contribution is 2.28. The SMILES string of the molecule is [B]OC(=C(C#N)c1c(C)nn(C)c1C)c1nc(C)nc(C)n1. The van der Waals surface area contributed by atoms with E-state index in [0.717, 1.165) is 5.69 Å². The average Bonchev–Trinajstić information content (AvgIpc) is 2.69. The van der Waals surface area contributed by atoms with Gasteiger partial charge in [-0.3, -0.25) is 4.68 Å². The molecule has 2 aromatic heterocycles. The molecule has 8 heteroatoms. The van der Waals surface area contributed by atoms with Crippen molar-refractivity contribution in [2.75, 3.05) is 0 Å². The van der Waals surface area contributed by atoms with Crippen molar-refractivity contribution >= 4 is 19.4 Å². The maximum atomic E-state index is 9.59. The molecular formula is C14H15BN6O. The highest BCUT2D eigenvalue weighted by atomic mass is 16.4. The lowest BCUT2D eigenvalue weighted by molar-refractivity contribution is 0.563. The van der Waals surface area contributed by atoms with E-state index in [-0.39, 0.29) is 17.2 Å². The summed E-state index contributed by atoms with van der Waals surface area (Å²) in [5.41, 5.74) is 2.44. The first kappa shape index (κ1) is 15.7. The quantitative estimate of drug-likeness (QED) is 0.482. The lowest BCUT2D eigenvalue weighted by Crippen LogP contribution is -2.06. The fourth-order valence-electron chi connectivity index (χ4n) is 2.30. The van der Waals surface area contributed by atoms with E-state index >= 15 is 0 Å². The number of allylic oxidation sites excluding steroid dienone is 1. The first-order valence-electron chi connectivity index (χ1n) is 6.60. The second kappa shape index (κ2) is 5.97. The minimum absolute atomic E-state index is 0.107. The summed E-state index contributed by atoms with van der Waals surface area (Å²) in [5.74, 6) is 1.38. The van der Waals surface area contributed by atoms with Gasteiger partial charge in [-0.1, -0.05) is 0 Å². The Morgan fingerprint density at radius 3 is 2.14 bits per heavy atom. The minimum Gasteiger partial charge on any atom is -0.564 e. The fourth-order valence-corrected chi connectivity index (χ4v) is 2.30. The number of aryl methyl sites for hydroxylation is 4. The Morgan fingerprint density at radius 1 is 1.14 bits per heavy atom. The van der Waals surface area contributed by atoms with Gasteiger partial charge in [0, 0.05) is 18.3 Å². The minimum atomic E-state index is 0.107. The van der Waals surface area contributed by atoms with Gasteiger partial charge in [0.05, 0.1) is 5.69 Å². The Bertz CT molecular complexity index is 782. The Balaban J connectivity index is 2.77. The molecule has 0 saturated heterocycles. The molecule has 0 bridgehead atoms. The van der Waals surface area contributed by atoms with Crippen LogP contribution in [0.4, 0.5) is 0 Å². The van der Waals surface area contributed by atoms with Crippen LogP contribution >= 0.6 is 0 Å². The molecule has 0 aliphatic carbocycles. The van der Waals surface area contributed by atoms with E-state index in [2.05, 4.69) is 26.1 Å². The van der Waals surface area contributed by atoms with Crippen LogP contribution in [0.2, 0.25) is 0 Å². The Kier molecular flexibility index (Phi) is 4.26. The standard InChI is InChI=1S/C14H15BN6O/c1-7-12(8(2)21(5)20-7)11(6-16)13(22-15)14-18-9(3)17-10(4)19-14/h1-5H3. The Morgan fingerprint density at radius 2 is 1.73 bits per heavy atom. The molecule has 0 aliphatic rings. The average molecular weight is 294 g/mol. The van der Waals surface area contributed by atoms with Crippen LogP contribution in [0, 0.1) is 39.0 Å². The van der Waals surface area contributed by atoms with E-state index in [9.17, 15) is 5.26 Å². The summed E-state index contributed by atoms with van der Waals surface area (Å²) >= 11 is 0. The summed E-state index contributed by atoms with van der Waals surface area (Å²) in [6.45, 7) is 7.15. The van der Waals surface area contributed by atoms with Gasteiger partial charge >= 0.3 is 8.05 Å². The van der Waals surface area contributed by atoms with E-state index in [1.807, 2.05) is 13.8 Å². The third-order valence-corrected chi connectivity index (χ3v) is 3.28. The maximum Gasteiger partial charge on any atom is 0.374 e. The smallest absolute Gasteiger partial charge is 0.374 e. The van der Waals surface area contributed by atoms with Crippen molar-refractivity contribution in [3.63, 3.8) is 0 Å². The van der Waals surface area contributed by atoms with Crippen molar-refractivity contribution in [2.45, 2.75) is 27.7 Å². The molecule has 2 radical (unpaired) electrons. The predicted molar refractivity (Wildman–Crippen MR) is 81.2 cm³/mol. The molecule has 0 fully saturated rings. The number of nitriles is 1. The summed E-state index contributed by atoms with van der Waals surface area (Å²) in [4.78, 5) is 12.5. The lowest BCUT2D eigenvalue weighted by Gasteiger charge is -2.10. The van der Waals surface area contributed by atoms with Crippen LogP contribution < -0.4 is 0 Å². The maximum absolute atomic E-state index is 9.59. The molecule has 0 atom stereocenters. The van der Waals surface area contributed by atoms with Crippen molar-refractivity contribution in [1.82, 2.24) is 24.7 Å². The van der Waals surface area contributed by atoms with Crippen LogP contribution in [0.5, 0.6) is 0 Å². The molecule has 2 aromatic rings. The van der Waals surface area contributed by atoms with Crippen molar-refractivity contribution in [1.29, 1.82) is 5.26 Å². The van der Waals surface area contributed by atoms with Gasteiger partial charge in [-0.25, -0.2) is 15.0 Å². The zero-order valence-corrected chi connectivity index (χ0v) is 13.2. The van der Waals surface area contributed by atoms with Gasteiger partial charge in [-0.05, 0) is 27.7 Å². The molecule has 0 aliphatic heterocycles. The molecule has 110 valence electrons. The predicted octanol–water partition coefficient (Wildman–Crippen LogP) is 1.33. The van der Waals surface area contributed by atoms with Gasteiger partial charge in [0.2, 0.25) is 0 Å². The lowest BCUT2D eigenvalue weighted by atomic mass is 10.0. The fraction of sp³-hybridized carbons (Fsp3) is 0.357. The Hall–Kier alpha value is -2.69. The highest BCUT2D eigenvalue weighted by Gasteiger charge is 2.21. The van der Waals surface area contributed by atoms with Gasteiger partial charge < -0.3 is 4.65 Å². The normalized spacial score (nSPS) is 11.8. The molecule has 0 spiro atoms. The number of aromatic nitrogens is 5. The molecule has 2 heterocycles. The van der Waals surface area contributed by atoms with Crippen molar-refractivity contribution in [3.05, 3.63) is 34.4 Å². The van der Waals surface area contributed by atoms with Gasteiger partial charge in [0.1, 0.15) is 23.3 Å². The monoisotopic (exact) mass is 294 g/mol. The van der Waals surface area contributed by atoms with Gasteiger partial charge in [-0.2, -0.15) is 10.4 Å². The van der Waals surface area contributed by atoms with E-state index in [1.54, 1.807) is 25.6 Å². The van der Waals surface area contributed by atoms with E-state index < -0.39 is 0 Å². The van der Waals surface area contributed by atoms with Crippen LogP contribution in [0.15, 0.2) is 0 Å². The van der Waals surface area contributed by atoms with E-state index in [1.165, 1.54) is 0 Å². The second-order valence-electron chi connectivity index (χ2n) is 4.86. The summed E-state index contributed by atoms with van der Waals surface area (Å²) in [5, 5.41) is 13.9. The van der Waals surface area contributed by atoms with Gasteiger partial charge in [0.25, 0.3) is 0 Å². The van der Waals surface area contributed by atoms with E-state index in [4.69, 9.17) is 12.7 Å². The third kappa shape index (κ3) is 2.70. The molecule has 0 aromatic carbocycles. The van der Waals surface area contributed by atoms with Crippen LogP contribution in [0.25, 0.3) is 11.3 Å². The molecule has 0 N–H and O–H groups in total. The largest absolute Gasteiger partial charge is 0.564 e. The van der Waals surface area contributed by atoms with Gasteiger partial charge in [0.15, 0.2) is 11.6 Å². The molecule has 22 heavy (non-hydrogen) atoms. The molecule has 2 rings (SSSR count). The highest BCUT2D eigenvalue weighted by molar-refractivity contribution is 6.06. The van der Waals surface area contributed by atoms with Crippen LogP contribution in [0.3, 0.4) is 0 Å². The number of nitrogens with zero attached hydrogens (tertiary/aromatic N) is 6. The summed E-state index contributed by atoms with van der Waals surface area (Å²) in [6, 6.07) is 2.12. The second-order valence-corrected chi connectivity index (χ2v) is 4.86. The third-order valence-electron chi connectivity index (χ3n) is 3.28. The van der Waals surface area contributed by atoms with Gasteiger partial charge in [-0.15, -0.1) is 0 Å². The Labute approximate surface area is 130 Å². The van der Waals surface area contributed by atoms with Crippen molar-refractivity contribution < 1.29 is 4.65 Å². The zero-order chi connectivity index (χ0) is 16.4. The first-order valence-corrected chi connectivity index (χ1v) is 6.60. The molecule has 0 unspecified atom stereocenters. The number of hydrogen-bond acceptors (Lipinski definition) is 6. The molecule has 0 saturated carbocycles. The van der Waals surface area contributed by atoms with Crippen LogP contribution in [-0.2, 0) is 11.7 Å². The molecule has 7 nitrogen and oxygen atoms in total. The molecular weight excluding hydrogens is 279 g/mol. The molecule has 0 amide bonds. The van der Waals surface area contributed by atoms with Crippen molar-refractivity contribution in [2.24, 2.45) is 7.05 Å². The van der Waals surface area contributed by atoms with Crippen molar-refractivity contribution in [3.8, 4) is 6.07 Å². The first-order chi connectivity index (χ1) is 10.4.